The van der Waals surface area contributed by atoms with E-state index in [0.29, 0.717) is 5.69 Å². The predicted molar refractivity (Wildman–Crippen MR) is 84.6 cm³/mol. The highest BCUT2D eigenvalue weighted by molar-refractivity contribution is 9.10. The average molecular weight is 341 g/mol. The zero-order valence-electron chi connectivity index (χ0n) is 12.1. The van der Waals surface area contributed by atoms with Crippen molar-refractivity contribution in [3.63, 3.8) is 0 Å². The minimum atomic E-state index is -0.222. The molecule has 0 atom stereocenters. The van der Waals surface area contributed by atoms with Crippen molar-refractivity contribution in [2.75, 3.05) is 11.9 Å². The Bertz CT molecular complexity index is 485. The van der Waals surface area contributed by atoms with Crippen molar-refractivity contribution in [1.29, 1.82) is 0 Å². The third-order valence-corrected chi connectivity index (χ3v) is 4.09. The van der Waals surface area contributed by atoms with E-state index in [1.54, 1.807) is 0 Å². The lowest BCUT2D eigenvalue weighted by molar-refractivity contribution is -0.127. The summed E-state index contributed by atoms with van der Waals surface area (Å²) in [5, 5.41) is 5.42. The monoisotopic (exact) mass is 340 g/mol. The Morgan fingerprint density at radius 1 is 1.25 bits per heavy atom. The number of carbonyl (C=O) groups is 2. The lowest BCUT2D eigenvalue weighted by Gasteiger charge is -2.13. The lowest BCUT2D eigenvalue weighted by atomic mass is 10.0. The molecule has 1 aromatic rings. The highest BCUT2D eigenvalue weighted by Gasteiger charge is 2.14. The quantitative estimate of drug-likeness (QED) is 0.834. The number of rotatable bonds is 6. The lowest BCUT2D eigenvalue weighted by Crippen LogP contribution is -2.36. The Kier molecular flexibility index (Phi) is 6.71. The molecule has 0 aliphatic carbocycles. The highest BCUT2D eigenvalue weighted by atomic mass is 79.9. The summed E-state index contributed by atoms with van der Waals surface area (Å²) in [5.41, 5.74) is 1.81. The number of nitrogens with one attached hydrogen (secondary N) is 2. The molecule has 1 rings (SSSR count). The Morgan fingerprint density at radius 3 is 2.45 bits per heavy atom. The fraction of sp³-hybridized carbons (Fsp3) is 0.467. The van der Waals surface area contributed by atoms with Gasteiger partial charge < -0.3 is 10.6 Å². The molecule has 110 valence electrons. The van der Waals surface area contributed by atoms with Gasteiger partial charge in [0.2, 0.25) is 11.8 Å². The molecule has 0 heterocycles. The van der Waals surface area contributed by atoms with Gasteiger partial charge in [-0.1, -0.05) is 35.8 Å². The van der Waals surface area contributed by atoms with Gasteiger partial charge in [-0.15, -0.1) is 0 Å². The standard InChI is InChI=1S/C15H21BrN2O2/c1-4-11(5-2)15(20)17-9-14(19)18-12-7-6-10(3)13(16)8-12/h6-8,11H,4-5,9H2,1-3H3,(H,17,20)(H,18,19). The van der Waals surface area contributed by atoms with Gasteiger partial charge in [-0.3, -0.25) is 9.59 Å². The average Bonchev–Trinajstić information content (AvgIpc) is 2.42. The minimum Gasteiger partial charge on any atom is -0.347 e. The van der Waals surface area contributed by atoms with Gasteiger partial charge in [0.15, 0.2) is 0 Å². The van der Waals surface area contributed by atoms with E-state index in [9.17, 15) is 9.59 Å². The third kappa shape index (κ3) is 4.96. The summed E-state index contributed by atoms with van der Waals surface area (Å²) in [5.74, 6) is -0.299. The molecule has 0 saturated carbocycles. The first-order chi connectivity index (χ1) is 9.47. The Labute approximate surface area is 128 Å². The number of aryl methyl sites for hydroxylation is 1. The Hall–Kier alpha value is -1.36. The van der Waals surface area contributed by atoms with Crippen LogP contribution in [0.1, 0.15) is 32.3 Å². The summed E-state index contributed by atoms with van der Waals surface area (Å²) < 4.78 is 0.941. The van der Waals surface area contributed by atoms with Crippen molar-refractivity contribution in [2.24, 2.45) is 5.92 Å². The molecule has 0 spiro atoms. The molecule has 2 N–H and O–H groups in total. The first kappa shape index (κ1) is 16.7. The fourth-order valence-electron chi connectivity index (χ4n) is 1.85. The topological polar surface area (TPSA) is 58.2 Å². The molecule has 20 heavy (non-hydrogen) atoms. The molecule has 2 amide bonds. The van der Waals surface area contributed by atoms with Gasteiger partial charge >= 0.3 is 0 Å². The van der Waals surface area contributed by atoms with Crippen LogP contribution >= 0.6 is 15.9 Å². The molecule has 0 saturated heterocycles. The van der Waals surface area contributed by atoms with Crippen molar-refractivity contribution in [3.05, 3.63) is 28.2 Å². The van der Waals surface area contributed by atoms with Crippen molar-refractivity contribution in [1.82, 2.24) is 5.32 Å². The second-order valence-electron chi connectivity index (χ2n) is 4.74. The van der Waals surface area contributed by atoms with E-state index in [4.69, 9.17) is 0 Å². The van der Waals surface area contributed by atoms with Gasteiger partial charge in [-0.05, 0) is 37.5 Å². The van der Waals surface area contributed by atoms with Crippen molar-refractivity contribution in [2.45, 2.75) is 33.6 Å². The van der Waals surface area contributed by atoms with E-state index >= 15 is 0 Å². The Morgan fingerprint density at radius 2 is 1.90 bits per heavy atom. The molecule has 4 nitrogen and oxygen atoms in total. The van der Waals surface area contributed by atoms with Crippen LogP contribution in [0.4, 0.5) is 5.69 Å². The SMILES string of the molecule is CCC(CC)C(=O)NCC(=O)Nc1ccc(C)c(Br)c1. The largest absolute Gasteiger partial charge is 0.347 e. The molecule has 0 aromatic heterocycles. The van der Waals surface area contributed by atoms with E-state index in [2.05, 4.69) is 26.6 Å². The number of amides is 2. The third-order valence-electron chi connectivity index (χ3n) is 3.24. The first-order valence-corrected chi connectivity index (χ1v) is 7.60. The van der Waals surface area contributed by atoms with Gasteiger partial charge in [-0.2, -0.15) is 0 Å². The number of hydrogen-bond acceptors (Lipinski definition) is 2. The molecule has 0 bridgehead atoms. The molecule has 1 aromatic carbocycles. The summed E-state index contributed by atoms with van der Waals surface area (Å²) in [6, 6.07) is 5.60. The van der Waals surface area contributed by atoms with Gasteiger partial charge in [0.25, 0.3) is 0 Å². The van der Waals surface area contributed by atoms with Crippen LogP contribution in [-0.4, -0.2) is 18.4 Å². The normalized spacial score (nSPS) is 10.4. The molecular formula is C15H21BrN2O2. The molecule has 0 aliphatic heterocycles. The van der Waals surface area contributed by atoms with E-state index in [1.807, 2.05) is 39.0 Å². The summed E-state index contributed by atoms with van der Waals surface area (Å²) in [7, 11) is 0. The molecule has 5 heteroatoms. The number of benzene rings is 1. The smallest absolute Gasteiger partial charge is 0.243 e. The molecule has 0 radical (unpaired) electrons. The van der Waals surface area contributed by atoms with Crippen LogP contribution in [-0.2, 0) is 9.59 Å². The van der Waals surface area contributed by atoms with E-state index in [0.717, 1.165) is 22.9 Å². The second-order valence-corrected chi connectivity index (χ2v) is 5.60. The molecule has 0 fully saturated rings. The number of halogens is 1. The van der Waals surface area contributed by atoms with Crippen LogP contribution in [0.25, 0.3) is 0 Å². The maximum Gasteiger partial charge on any atom is 0.243 e. The summed E-state index contributed by atoms with van der Waals surface area (Å²) in [4.78, 5) is 23.5. The van der Waals surface area contributed by atoms with Crippen LogP contribution in [0.3, 0.4) is 0 Å². The zero-order chi connectivity index (χ0) is 15.1. The van der Waals surface area contributed by atoms with E-state index in [-0.39, 0.29) is 24.3 Å². The van der Waals surface area contributed by atoms with Crippen molar-refractivity contribution >= 4 is 33.4 Å². The number of anilines is 1. The predicted octanol–water partition coefficient (Wildman–Crippen LogP) is 3.25. The van der Waals surface area contributed by atoms with Crippen molar-refractivity contribution < 1.29 is 9.59 Å². The van der Waals surface area contributed by atoms with E-state index < -0.39 is 0 Å². The van der Waals surface area contributed by atoms with Gasteiger partial charge in [0.1, 0.15) is 0 Å². The first-order valence-electron chi connectivity index (χ1n) is 6.81. The second kappa shape index (κ2) is 8.04. The maximum atomic E-state index is 11.8. The van der Waals surface area contributed by atoms with Crippen LogP contribution < -0.4 is 10.6 Å². The maximum absolute atomic E-state index is 11.8. The molecular weight excluding hydrogens is 320 g/mol. The van der Waals surface area contributed by atoms with Crippen LogP contribution in [0.15, 0.2) is 22.7 Å². The summed E-state index contributed by atoms with van der Waals surface area (Å²) in [6.07, 6.45) is 1.57. The summed E-state index contributed by atoms with van der Waals surface area (Å²) in [6.45, 7) is 5.92. The fourth-order valence-corrected chi connectivity index (χ4v) is 2.23. The van der Waals surface area contributed by atoms with Crippen LogP contribution in [0.2, 0.25) is 0 Å². The Balaban J connectivity index is 2.47. The molecule has 0 aliphatic rings. The minimum absolute atomic E-state index is 0.000822. The van der Waals surface area contributed by atoms with Gasteiger partial charge in [0, 0.05) is 16.1 Å². The van der Waals surface area contributed by atoms with Crippen LogP contribution in [0.5, 0.6) is 0 Å². The van der Waals surface area contributed by atoms with E-state index in [1.165, 1.54) is 0 Å². The van der Waals surface area contributed by atoms with Crippen LogP contribution in [0, 0.1) is 12.8 Å². The van der Waals surface area contributed by atoms with Crippen molar-refractivity contribution in [3.8, 4) is 0 Å². The van der Waals surface area contributed by atoms with Gasteiger partial charge in [-0.25, -0.2) is 0 Å². The highest BCUT2D eigenvalue weighted by Crippen LogP contribution is 2.20. The van der Waals surface area contributed by atoms with Gasteiger partial charge in [0.05, 0.1) is 6.54 Å². The molecule has 0 unspecified atom stereocenters. The summed E-state index contributed by atoms with van der Waals surface area (Å²) >= 11 is 3.41. The zero-order valence-corrected chi connectivity index (χ0v) is 13.7. The number of carbonyl (C=O) groups excluding carboxylic acids is 2. The number of hydrogen-bond donors (Lipinski definition) is 2.